The van der Waals surface area contributed by atoms with E-state index in [1.807, 2.05) is 60.7 Å². The molecule has 6 rings (SSSR count). The molecule has 2 heteroatoms. The van der Waals surface area contributed by atoms with Crippen LogP contribution < -0.4 is 0 Å². The van der Waals surface area contributed by atoms with Crippen molar-refractivity contribution in [2.75, 3.05) is 0 Å². The van der Waals surface area contributed by atoms with Gasteiger partial charge in [0.25, 0.3) is 0 Å². The van der Waals surface area contributed by atoms with Gasteiger partial charge in [0.2, 0.25) is 0 Å². The van der Waals surface area contributed by atoms with Gasteiger partial charge < -0.3 is 13.8 Å². The molecule has 0 aliphatic carbocycles. The second-order valence-electron chi connectivity index (χ2n) is 9.55. The Morgan fingerprint density at radius 3 is 1.07 bits per heavy atom. The van der Waals surface area contributed by atoms with E-state index in [9.17, 15) is 0 Å². The van der Waals surface area contributed by atoms with Crippen molar-refractivity contribution in [2.24, 2.45) is 0 Å². The molecule has 0 unspecified atom stereocenters. The predicted molar refractivity (Wildman–Crippen MR) is 195 cm³/mol. The molecule has 0 bridgehead atoms. The Morgan fingerprint density at radius 2 is 0.864 bits per heavy atom. The molecule has 2 radical (unpaired) electrons. The standard InChI is InChI=1S/2C11H11.2C6H5.2C4H9.Si.Zr/c2*1-2-9-7-10-5-3-4-6-11(10)8-9;2*1-2-4-6-5-3-1;2*1-3-4-2;;/h2*3-8H,2H2,1H3;2*1-5H;2*1,3-4H2,2H3;;/q6*-1;;. The molecule has 0 fully saturated rings. The predicted octanol–water partition coefficient (Wildman–Crippen LogP) is 12.1. The van der Waals surface area contributed by atoms with Crippen molar-refractivity contribution in [3.8, 4) is 0 Å². The van der Waals surface area contributed by atoms with Crippen molar-refractivity contribution in [1.29, 1.82) is 0 Å². The van der Waals surface area contributed by atoms with Gasteiger partial charge >= 0.3 is 30.2 Å². The minimum atomic E-state index is 1.07. The first kappa shape index (κ1) is 41.2. The fraction of sp³-hybridized carbons (Fsp3) is 0.238. The molecule has 0 heterocycles. The van der Waals surface area contributed by atoms with Gasteiger partial charge in [0.1, 0.15) is 0 Å². The Labute approximate surface area is 286 Å². The smallest absolute Gasteiger partial charge is 0.171 e. The molecule has 44 heavy (non-hydrogen) atoms. The molecule has 0 spiro atoms. The van der Waals surface area contributed by atoms with E-state index in [0.717, 1.165) is 25.7 Å². The Morgan fingerprint density at radius 1 is 0.545 bits per heavy atom. The van der Waals surface area contributed by atoms with Crippen LogP contribution in [-0.2, 0) is 36.2 Å². The van der Waals surface area contributed by atoms with E-state index in [1.165, 1.54) is 68.8 Å². The van der Waals surface area contributed by atoms with Gasteiger partial charge in [-0.1, -0.05) is 52.7 Å². The van der Waals surface area contributed by atoms with Crippen LogP contribution in [0.15, 0.2) is 133 Å². The van der Waals surface area contributed by atoms with Crippen molar-refractivity contribution in [2.45, 2.75) is 66.2 Å². The number of unbranched alkanes of at least 4 members (excludes halogenated alkanes) is 2. The Hall–Kier alpha value is -2.80. The van der Waals surface area contributed by atoms with E-state index in [-0.39, 0.29) is 0 Å². The zero-order valence-corrected chi connectivity index (χ0v) is 30.8. The maximum Gasteiger partial charge on any atom is -0.171 e. The van der Waals surface area contributed by atoms with Gasteiger partial charge in [-0.05, 0) is 12.8 Å². The van der Waals surface area contributed by atoms with Crippen LogP contribution >= 0.6 is 0 Å². The summed E-state index contributed by atoms with van der Waals surface area (Å²) in [5, 5.41) is 5.46. The van der Waals surface area contributed by atoms with E-state index in [1.54, 1.807) is 0 Å². The molecule has 6 aromatic rings. The number of aryl methyl sites for hydroxylation is 2. The van der Waals surface area contributed by atoms with E-state index >= 15 is 0 Å². The first-order chi connectivity index (χ1) is 21.6. The average molecular weight is 674 g/mol. The summed E-state index contributed by atoms with van der Waals surface area (Å²) in [6, 6.07) is 51.0. The van der Waals surface area contributed by atoms with Gasteiger partial charge in [-0.15, -0.1) is 81.2 Å². The molecule has 0 amide bonds. The molecule has 0 aromatic heterocycles. The Bertz CT molecular complexity index is 1170. The normalized spacial score (nSPS) is 8.93. The van der Waals surface area contributed by atoms with Gasteiger partial charge in [-0.25, -0.2) is 0 Å². The molecule has 0 aliphatic rings. The first-order valence-corrected chi connectivity index (χ1v) is 19.8. The monoisotopic (exact) mass is 672 g/mol. The number of hydrogen-bond acceptors (Lipinski definition) is 0. The molecule has 0 aliphatic heterocycles. The van der Waals surface area contributed by atoms with Crippen molar-refractivity contribution in [1.82, 2.24) is 0 Å². The molecule has 0 N–H and O–H groups in total. The second kappa shape index (κ2) is 30.2. The Kier molecular flexibility index (Phi) is 28.3. The fourth-order valence-corrected chi connectivity index (χ4v) is 3.52. The second-order valence-corrected chi connectivity index (χ2v) is 9.55. The van der Waals surface area contributed by atoms with Crippen molar-refractivity contribution in [3.63, 3.8) is 0 Å². The summed E-state index contributed by atoms with van der Waals surface area (Å²) >= 11 is 1.36. The third-order valence-electron chi connectivity index (χ3n) is 6.09. The molecule has 0 saturated heterocycles. The maximum absolute atomic E-state index is 3.60. The molecule has 6 aromatic carbocycles. The van der Waals surface area contributed by atoms with Crippen LogP contribution in [0.4, 0.5) is 0 Å². The van der Waals surface area contributed by atoms with Gasteiger partial charge in [0.05, 0.1) is 0 Å². The minimum absolute atomic E-state index is 1.07. The molecular weight excluding hydrogens is 624 g/mol. The van der Waals surface area contributed by atoms with Crippen LogP contribution in [-0.4, -0.2) is 6.88 Å². The van der Waals surface area contributed by atoms with Crippen molar-refractivity contribution >= 4 is 28.4 Å². The van der Waals surface area contributed by atoms with Crippen LogP contribution in [0.25, 0.3) is 21.5 Å². The largest absolute Gasteiger partial charge is 0.184 e. The van der Waals surface area contributed by atoms with Crippen LogP contribution in [0.5, 0.6) is 0 Å². The van der Waals surface area contributed by atoms with Crippen LogP contribution in [0.2, 0.25) is 0 Å². The summed E-state index contributed by atoms with van der Waals surface area (Å²) in [5.74, 6) is 0. The average Bonchev–Trinajstić information content (AvgIpc) is 3.76. The van der Waals surface area contributed by atoms with E-state index in [4.69, 9.17) is 0 Å². The molecule has 0 atom stereocenters. The SMILES string of the molecule is CCc1cc2ccccc2[cH-]1.CCc1cc2ccccc2[cH-]1.[CH2-]CCC.[CH2-]CCC.[Si]=[Zr].[c-]1ccccc1.[c-]1ccccc1. The maximum atomic E-state index is 3.60. The van der Waals surface area contributed by atoms with E-state index in [2.05, 4.69) is 133 Å². The van der Waals surface area contributed by atoms with Crippen LogP contribution in [0, 0.1) is 26.0 Å². The molecular formula is C42H50SiZr-6. The summed E-state index contributed by atoms with van der Waals surface area (Å²) in [6.45, 7) is 18.9. The van der Waals surface area contributed by atoms with Crippen molar-refractivity contribution in [3.05, 3.63) is 171 Å². The summed E-state index contributed by atoms with van der Waals surface area (Å²) in [5.41, 5.74) is 2.87. The van der Waals surface area contributed by atoms with Crippen LogP contribution in [0.3, 0.4) is 0 Å². The van der Waals surface area contributed by atoms with Crippen molar-refractivity contribution < 1.29 is 23.3 Å². The zero-order chi connectivity index (χ0) is 32.7. The quantitative estimate of drug-likeness (QED) is 0.129. The fourth-order valence-electron chi connectivity index (χ4n) is 3.52. The summed E-state index contributed by atoms with van der Waals surface area (Å²) < 4.78 is 0. The van der Waals surface area contributed by atoms with Gasteiger partial charge in [-0.2, -0.15) is 97.8 Å². The number of fused-ring (bicyclic) bond motifs is 2. The van der Waals surface area contributed by atoms with E-state index in [0.29, 0.717) is 0 Å². The van der Waals surface area contributed by atoms with Crippen LogP contribution in [0.1, 0.15) is 64.5 Å². The summed E-state index contributed by atoms with van der Waals surface area (Å²) in [4.78, 5) is 0. The van der Waals surface area contributed by atoms with E-state index < -0.39 is 0 Å². The minimum Gasteiger partial charge on any atom is -0.184 e. The summed E-state index contributed by atoms with van der Waals surface area (Å²) in [6.07, 6.45) is 6.82. The zero-order valence-electron chi connectivity index (χ0n) is 27.4. The number of hydrogen-bond donors (Lipinski definition) is 0. The van der Waals surface area contributed by atoms with Gasteiger partial charge in [-0.3, -0.25) is 0 Å². The number of benzene rings is 4. The van der Waals surface area contributed by atoms with Gasteiger partial charge in [0, 0.05) is 0 Å². The third-order valence-corrected chi connectivity index (χ3v) is 6.09. The molecule has 232 valence electrons. The summed E-state index contributed by atoms with van der Waals surface area (Å²) in [7, 11) is 0. The molecule has 0 saturated carbocycles. The molecule has 0 nitrogen and oxygen atoms in total. The number of rotatable bonds is 4. The Balaban J connectivity index is 0.000000523. The first-order valence-electron chi connectivity index (χ1n) is 15.6. The topological polar surface area (TPSA) is 0 Å². The third kappa shape index (κ3) is 20.2. The van der Waals surface area contributed by atoms with Gasteiger partial charge in [0.15, 0.2) is 0 Å².